The molecule has 1 saturated heterocycles. The molecule has 4 rings (SSSR count). The number of anilines is 1. The summed E-state index contributed by atoms with van der Waals surface area (Å²) in [4.78, 5) is 30.8. The quantitative estimate of drug-likeness (QED) is 0.747. The fourth-order valence-electron chi connectivity index (χ4n) is 3.56. The smallest absolute Gasteiger partial charge is 0.274 e. The van der Waals surface area contributed by atoms with Gasteiger partial charge in [0.05, 0.1) is 13.2 Å². The van der Waals surface area contributed by atoms with Gasteiger partial charge in [0.2, 0.25) is 0 Å². The molecule has 2 aromatic heterocycles. The molecule has 1 aromatic carbocycles. The summed E-state index contributed by atoms with van der Waals surface area (Å²) in [5.74, 6) is 0.107. The minimum Gasteiger partial charge on any atom is -0.370 e. The first kappa shape index (κ1) is 18.4. The van der Waals surface area contributed by atoms with Gasteiger partial charge in [0, 0.05) is 23.7 Å². The summed E-state index contributed by atoms with van der Waals surface area (Å²) in [6.07, 6.45) is 0.505. The third-order valence-electron chi connectivity index (χ3n) is 5.24. The van der Waals surface area contributed by atoms with Gasteiger partial charge < -0.3 is 4.74 Å². The summed E-state index contributed by atoms with van der Waals surface area (Å²) >= 11 is 0. The molecule has 0 atom stereocenters. The lowest BCUT2D eigenvalue weighted by molar-refractivity contribution is -0.125. The maximum absolute atomic E-state index is 13.2. The van der Waals surface area contributed by atoms with Crippen molar-refractivity contribution in [1.29, 1.82) is 0 Å². The zero-order valence-corrected chi connectivity index (χ0v) is 15.8. The molecule has 28 heavy (non-hydrogen) atoms. The van der Waals surface area contributed by atoms with Crippen molar-refractivity contribution in [3.63, 3.8) is 0 Å². The Labute approximate surface area is 160 Å². The van der Waals surface area contributed by atoms with E-state index in [0.29, 0.717) is 36.6 Å². The van der Waals surface area contributed by atoms with Gasteiger partial charge in [-0.25, -0.2) is 13.9 Å². The number of aromatic nitrogens is 3. The molecular formula is C20H21FN4O3. The minimum absolute atomic E-state index is 0.0186. The molecule has 1 aliphatic heterocycles. The number of H-pyrrole nitrogens is 1. The average molecular weight is 384 g/mol. The van der Waals surface area contributed by atoms with Gasteiger partial charge >= 0.3 is 0 Å². The van der Waals surface area contributed by atoms with Crippen LogP contribution in [0.25, 0.3) is 5.65 Å². The normalized spacial score (nSPS) is 14.8. The van der Waals surface area contributed by atoms with E-state index in [4.69, 9.17) is 4.74 Å². The first-order valence-corrected chi connectivity index (χ1v) is 9.12. The van der Waals surface area contributed by atoms with E-state index >= 15 is 0 Å². The van der Waals surface area contributed by atoms with Crippen LogP contribution < -0.4 is 10.5 Å². The topological polar surface area (TPSA) is 79.7 Å². The van der Waals surface area contributed by atoms with Crippen LogP contribution in [0.4, 0.5) is 10.2 Å². The number of fused-ring (bicyclic) bond motifs is 1. The maximum atomic E-state index is 13.2. The lowest BCUT2D eigenvalue weighted by Gasteiger charge is -2.25. The largest absolute Gasteiger partial charge is 0.370 e. The number of benzene rings is 1. The summed E-state index contributed by atoms with van der Waals surface area (Å²) in [5, 5.41) is 3.04. The van der Waals surface area contributed by atoms with Crippen molar-refractivity contribution in [1.82, 2.24) is 14.6 Å². The van der Waals surface area contributed by atoms with Crippen molar-refractivity contribution in [2.45, 2.75) is 26.9 Å². The van der Waals surface area contributed by atoms with Crippen molar-refractivity contribution in [3.8, 4) is 0 Å². The Morgan fingerprint density at radius 1 is 1.25 bits per heavy atom. The average Bonchev–Trinajstić information content (AvgIpc) is 3.00. The second kappa shape index (κ2) is 7.20. The summed E-state index contributed by atoms with van der Waals surface area (Å²) < 4.78 is 19.8. The number of amides is 1. The number of halogens is 1. The molecule has 8 heteroatoms. The van der Waals surface area contributed by atoms with Crippen molar-refractivity contribution < 1.29 is 13.9 Å². The molecule has 1 aliphatic rings. The Hall–Kier alpha value is -3.00. The fourth-order valence-corrected chi connectivity index (χ4v) is 3.56. The van der Waals surface area contributed by atoms with Gasteiger partial charge in [0.1, 0.15) is 19.1 Å². The Kier molecular flexibility index (Phi) is 4.72. The van der Waals surface area contributed by atoms with Crippen LogP contribution >= 0.6 is 0 Å². The highest BCUT2D eigenvalue weighted by atomic mass is 19.1. The molecule has 7 nitrogen and oxygen atoms in total. The number of aryl methyl sites for hydroxylation is 1. The second-order valence-corrected chi connectivity index (χ2v) is 6.94. The van der Waals surface area contributed by atoms with Crippen molar-refractivity contribution in [2.75, 3.05) is 24.7 Å². The van der Waals surface area contributed by atoms with Crippen LogP contribution in [0.3, 0.4) is 0 Å². The molecular weight excluding hydrogens is 363 g/mol. The fraction of sp³-hybridized carbons (Fsp3) is 0.350. The molecule has 3 heterocycles. The molecule has 0 spiro atoms. The summed E-state index contributed by atoms with van der Waals surface area (Å²) in [7, 11) is 0. The highest BCUT2D eigenvalue weighted by Gasteiger charge is 2.23. The van der Waals surface area contributed by atoms with Crippen LogP contribution in [0.5, 0.6) is 0 Å². The van der Waals surface area contributed by atoms with Crippen LogP contribution in [0.2, 0.25) is 0 Å². The van der Waals surface area contributed by atoms with Gasteiger partial charge in [-0.05, 0) is 30.5 Å². The molecule has 0 unspecified atom stereocenters. The van der Waals surface area contributed by atoms with E-state index in [0.717, 1.165) is 22.4 Å². The van der Waals surface area contributed by atoms with Gasteiger partial charge in [-0.3, -0.25) is 19.6 Å². The van der Waals surface area contributed by atoms with Crippen LogP contribution in [-0.4, -0.2) is 40.3 Å². The van der Waals surface area contributed by atoms with Crippen LogP contribution in [0.1, 0.15) is 27.9 Å². The molecule has 0 bridgehead atoms. The van der Waals surface area contributed by atoms with E-state index in [1.165, 1.54) is 15.5 Å². The zero-order valence-electron chi connectivity index (χ0n) is 15.8. The van der Waals surface area contributed by atoms with Gasteiger partial charge in [-0.15, -0.1) is 0 Å². The van der Waals surface area contributed by atoms with E-state index in [9.17, 15) is 14.0 Å². The second-order valence-electron chi connectivity index (χ2n) is 6.94. The van der Waals surface area contributed by atoms with Crippen LogP contribution in [0, 0.1) is 13.8 Å². The number of rotatable bonds is 4. The molecule has 146 valence electrons. The van der Waals surface area contributed by atoms with Crippen molar-refractivity contribution in [3.05, 3.63) is 62.6 Å². The number of carbonyl (C=O) groups is 1. The zero-order chi connectivity index (χ0) is 19.8. The Bertz CT molecular complexity index is 1120. The lowest BCUT2D eigenvalue weighted by Crippen LogP contribution is -2.42. The highest BCUT2D eigenvalue weighted by Crippen LogP contribution is 2.23. The molecule has 3 aromatic rings. The van der Waals surface area contributed by atoms with E-state index in [-0.39, 0.29) is 18.1 Å². The van der Waals surface area contributed by atoms with Crippen molar-refractivity contribution >= 4 is 17.4 Å². The first-order chi connectivity index (χ1) is 13.5. The van der Waals surface area contributed by atoms with Gasteiger partial charge in [0.15, 0.2) is 5.65 Å². The third kappa shape index (κ3) is 3.09. The van der Waals surface area contributed by atoms with E-state index < -0.39 is 6.67 Å². The number of hydrogen-bond acceptors (Lipinski definition) is 4. The summed E-state index contributed by atoms with van der Waals surface area (Å²) in [5.41, 5.74) is 4.36. The summed E-state index contributed by atoms with van der Waals surface area (Å²) in [6, 6.07) is 6.90. The monoisotopic (exact) mass is 384 g/mol. The summed E-state index contributed by atoms with van der Waals surface area (Å²) in [6.45, 7) is 3.99. The highest BCUT2D eigenvalue weighted by molar-refractivity contribution is 5.94. The van der Waals surface area contributed by atoms with Gasteiger partial charge in [0.25, 0.3) is 11.5 Å². The number of aromatic amines is 1. The number of hydrogen-bond donors (Lipinski definition) is 1. The standard InChI is InChI=1S/C20H21FN4O3/c1-12-14(4-3-5-15(12)10-21)8-16-13(2)23-25-18(26)9-17(22-20(16)25)24-6-7-28-11-19(24)27/h3-5,9,23H,6-8,10-11H2,1-2H3. The molecule has 1 N–H and O–H groups in total. The van der Waals surface area contributed by atoms with Gasteiger partial charge in [-0.2, -0.15) is 0 Å². The number of carbonyl (C=O) groups excluding carboxylic acids is 1. The Morgan fingerprint density at radius 3 is 2.79 bits per heavy atom. The SMILES string of the molecule is Cc1[nH]n2c(=O)cc(N3CCOCC3=O)nc2c1Cc1cccc(CF)c1C. The molecule has 1 amide bonds. The number of nitrogens with one attached hydrogen (secondary N) is 1. The van der Waals surface area contributed by atoms with Crippen LogP contribution in [0.15, 0.2) is 29.1 Å². The van der Waals surface area contributed by atoms with E-state index in [1.54, 1.807) is 6.07 Å². The number of morpholine rings is 1. The molecule has 1 fully saturated rings. The predicted molar refractivity (Wildman–Crippen MR) is 103 cm³/mol. The molecule has 0 aliphatic carbocycles. The molecule has 0 radical (unpaired) electrons. The third-order valence-corrected chi connectivity index (χ3v) is 5.24. The lowest BCUT2D eigenvalue weighted by atomic mass is 9.97. The number of nitrogens with zero attached hydrogens (tertiary/aromatic N) is 3. The van der Waals surface area contributed by atoms with E-state index in [2.05, 4.69) is 10.1 Å². The van der Waals surface area contributed by atoms with Crippen LogP contribution in [-0.2, 0) is 22.6 Å². The predicted octanol–water partition coefficient (Wildman–Crippen LogP) is 2.06. The van der Waals surface area contributed by atoms with Crippen molar-refractivity contribution in [2.24, 2.45) is 0 Å². The number of ether oxygens (including phenoxy) is 1. The van der Waals surface area contributed by atoms with Gasteiger partial charge in [-0.1, -0.05) is 18.2 Å². The first-order valence-electron chi connectivity index (χ1n) is 9.12. The number of alkyl halides is 1. The Morgan fingerprint density at radius 2 is 2.04 bits per heavy atom. The maximum Gasteiger partial charge on any atom is 0.274 e. The van der Waals surface area contributed by atoms with E-state index in [1.807, 2.05) is 26.0 Å². The minimum atomic E-state index is -0.520. The molecule has 0 saturated carbocycles. The Balaban J connectivity index is 1.82.